The highest BCUT2D eigenvalue weighted by Gasteiger charge is 2.05. The second kappa shape index (κ2) is 4.18. The molecule has 0 fully saturated rings. The standard InChI is InChI=1S/C15H14N2O/c1-11-6-7-15-16-13(10-17(15)9-11)8-12-4-2-3-5-14(12)18/h2-7,9-10,18H,8H2,1H3. The molecule has 2 aromatic heterocycles. The molecule has 0 aliphatic carbocycles. The topological polar surface area (TPSA) is 37.5 Å². The van der Waals surface area contributed by atoms with Crippen molar-refractivity contribution in [2.45, 2.75) is 13.3 Å². The Hall–Kier alpha value is -2.29. The molecular formula is C15H14N2O. The van der Waals surface area contributed by atoms with Gasteiger partial charge in [0, 0.05) is 18.8 Å². The van der Waals surface area contributed by atoms with Crippen LogP contribution < -0.4 is 0 Å². The fraction of sp³-hybridized carbons (Fsp3) is 0.133. The SMILES string of the molecule is Cc1ccc2nc(Cc3ccccc3O)cn2c1. The minimum absolute atomic E-state index is 0.325. The van der Waals surface area contributed by atoms with Crippen LogP contribution in [-0.4, -0.2) is 14.5 Å². The zero-order valence-electron chi connectivity index (χ0n) is 10.2. The van der Waals surface area contributed by atoms with Crippen molar-refractivity contribution < 1.29 is 5.11 Å². The zero-order chi connectivity index (χ0) is 12.5. The third-order valence-corrected chi connectivity index (χ3v) is 3.01. The van der Waals surface area contributed by atoms with E-state index in [-0.39, 0.29) is 0 Å². The number of fused-ring (bicyclic) bond motifs is 1. The summed E-state index contributed by atoms with van der Waals surface area (Å²) in [5, 5.41) is 9.76. The summed E-state index contributed by atoms with van der Waals surface area (Å²) in [7, 11) is 0. The Morgan fingerprint density at radius 3 is 2.78 bits per heavy atom. The third-order valence-electron chi connectivity index (χ3n) is 3.01. The van der Waals surface area contributed by atoms with Crippen LogP contribution in [0.3, 0.4) is 0 Å². The van der Waals surface area contributed by atoms with Gasteiger partial charge in [0.2, 0.25) is 0 Å². The number of para-hydroxylation sites is 1. The van der Waals surface area contributed by atoms with E-state index in [2.05, 4.69) is 18.1 Å². The molecule has 0 aliphatic rings. The van der Waals surface area contributed by atoms with Gasteiger partial charge in [-0.2, -0.15) is 0 Å². The van der Waals surface area contributed by atoms with Gasteiger partial charge in [0.15, 0.2) is 0 Å². The first-order valence-corrected chi connectivity index (χ1v) is 5.93. The largest absolute Gasteiger partial charge is 0.508 e. The smallest absolute Gasteiger partial charge is 0.137 e. The van der Waals surface area contributed by atoms with Crippen LogP contribution >= 0.6 is 0 Å². The molecular weight excluding hydrogens is 224 g/mol. The number of phenols is 1. The molecule has 3 aromatic rings. The Bertz CT molecular complexity index is 701. The monoisotopic (exact) mass is 238 g/mol. The van der Waals surface area contributed by atoms with E-state index in [1.165, 1.54) is 5.56 Å². The first-order chi connectivity index (χ1) is 8.72. The number of aromatic nitrogens is 2. The van der Waals surface area contributed by atoms with E-state index < -0.39 is 0 Å². The van der Waals surface area contributed by atoms with Gasteiger partial charge in [0.1, 0.15) is 11.4 Å². The van der Waals surface area contributed by atoms with Crippen molar-refractivity contribution >= 4 is 5.65 Å². The summed E-state index contributed by atoms with van der Waals surface area (Å²) >= 11 is 0. The van der Waals surface area contributed by atoms with E-state index in [4.69, 9.17) is 0 Å². The third kappa shape index (κ3) is 1.95. The second-order valence-electron chi connectivity index (χ2n) is 4.51. The molecule has 1 N–H and O–H groups in total. The molecule has 2 heterocycles. The lowest BCUT2D eigenvalue weighted by molar-refractivity contribution is 0.469. The quantitative estimate of drug-likeness (QED) is 0.745. The van der Waals surface area contributed by atoms with Crippen molar-refractivity contribution in [1.82, 2.24) is 9.38 Å². The Balaban J connectivity index is 1.98. The maximum Gasteiger partial charge on any atom is 0.137 e. The van der Waals surface area contributed by atoms with Crippen LogP contribution in [0.2, 0.25) is 0 Å². The second-order valence-corrected chi connectivity index (χ2v) is 4.51. The number of aromatic hydroxyl groups is 1. The summed E-state index contributed by atoms with van der Waals surface area (Å²) in [5.74, 6) is 0.325. The summed E-state index contributed by atoms with van der Waals surface area (Å²) in [6.07, 6.45) is 4.71. The maximum atomic E-state index is 9.76. The van der Waals surface area contributed by atoms with E-state index >= 15 is 0 Å². The molecule has 0 unspecified atom stereocenters. The highest BCUT2D eigenvalue weighted by Crippen LogP contribution is 2.19. The molecule has 0 amide bonds. The molecule has 1 aromatic carbocycles. The minimum atomic E-state index is 0.325. The Morgan fingerprint density at radius 2 is 1.94 bits per heavy atom. The predicted octanol–water partition coefficient (Wildman–Crippen LogP) is 2.94. The van der Waals surface area contributed by atoms with Crippen molar-refractivity contribution in [2.24, 2.45) is 0 Å². The highest BCUT2D eigenvalue weighted by atomic mass is 16.3. The molecule has 3 rings (SSSR count). The average molecular weight is 238 g/mol. The van der Waals surface area contributed by atoms with E-state index in [0.29, 0.717) is 12.2 Å². The van der Waals surface area contributed by atoms with Gasteiger partial charge < -0.3 is 9.51 Å². The molecule has 0 aliphatic heterocycles. The van der Waals surface area contributed by atoms with Crippen LogP contribution in [0.15, 0.2) is 48.8 Å². The average Bonchev–Trinajstić information content (AvgIpc) is 2.73. The number of benzene rings is 1. The predicted molar refractivity (Wildman–Crippen MR) is 70.8 cm³/mol. The summed E-state index contributed by atoms with van der Waals surface area (Å²) in [5.41, 5.74) is 4.00. The molecule has 0 saturated carbocycles. The normalized spacial score (nSPS) is 10.9. The molecule has 0 spiro atoms. The van der Waals surface area contributed by atoms with Crippen LogP contribution in [-0.2, 0) is 6.42 Å². The Morgan fingerprint density at radius 1 is 1.11 bits per heavy atom. The fourth-order valence-electron chi connectivity index (χ4n) is 2.10. The number of nitrogens with zero attached hydrogens (tertiary/aromatic N) is 2. The van der Waals surface area contributed by atoms with E-state index in [1.807, 2.05) is 40.9 Å². The number of phenolic OH excluding ortho intramolecular Hbond substituents is 1. The molecule has 18 heavy (non-hydrogen) atoms. The van der Waals surface area contributed by atoms with E-state index in [9.17, 15) is 5.11 Å². The summed E-state index contributed by atoms with van der Waals surface area (Å²) < 4.78 is 2.02. The number of hydrogen-bond acceptors (Lipinski definition) is 2. The summed E-state index contributed by atoms with van der Waals surface area (Å²) in [4.78, 5) is 4.54. The summed E-state index contributed by atoms with van der Waals surface area (Å²) in [6, 6.07) is 11.4. The van der Waals surface area contributed by atoms with Crippen molar-refractivity contribution in [3.8, 4) is 5.75 Å². The number of imidazole rings is 1. The lowest BCUT2D eigenvalue weighted by Crippen LogP contribution is -1.88. The molecule has 3 heteroatoms. The van der Waals surface area contributed by atoms with E-state index in [0.717, 1.165) is 16.9 Å². The van der Waals surface area contributed by atoms with E-state index in [1.54, 1.807) is 6.07 Å². The number of hydrogen-bond donors (Lipinski definition) is 1. The number of aryl methyl sites for hydroxylation is 1. The lowest BCUT2D eigenvalue weighted by Gasteiger charge is -2.00. The molecule has 0 atom stereocenters. The highest BCUT2D eigenvalue weighted by molar-refractivity contribution is 5.43. The molecule has 0 bridgehead atoms. The van der Waals surface area contributed by atoms with Crippen LogP contribution in [0.4, 0.5) is 0 Å². The Kier molecular flexibility index (Phi) is 2.52. The van der Waals surface area contributed by atoms with Crippen molar-refractivity contribution in [3.05, 3.63) is 65.6 Å². The summed E-state index contributed by atoms with van der Waals surface area (Å²) in [6.45, 7) is 2.06. The lowest BCUT2D eigenvalue weighted by atomic mass is 10.1. The zero-order valence-corrected chi connectivity index (χ0v) is 10.2. The molecule has 0 radical (unpaired) electrons. The number of rotatable bonds is 2. The molecule has 3 nitrogen and oxygen atoms in total. The van der Waals surface area contributed by atoms with Crippen LogP contribution in [0, 0.1) is 6.92 Å². The van der Waals surface area contributed by atoms with Crippen molar-refractivity contribution in [1.29, 1.82) is 0 Å². The first-order valence-electron chi connectivity index (χ1n) is 5.93. The minimum Gasteiger partial charge on any atom is -0.508 e. The van der Waals surface area contributed by atoms with Crippen LogP contribution in [0.1, 0.15) is 16.8 Å². The maximum absolute atomic E-state index is 9.76. The van der Waals surface area contributed by atoms with Gasteiger partial charge in [-0.15, -0.1) is 0 Å². The Labute approximate surface area is 105 Å². The number of pyridine rings is 1. The molecule has 90 valence electrons. The fourth-order valence-corrected chi connectivity index (χ4v) is 2.10. The first kappa shape index (κ1) is 10.8. The van der Waals surface area contributed by atoms with Crippen LogP contribution in [0.5, 0.6) is 5.75 Å². The van der Waals surface area contributed by atoms with Gasteiger partial charge in [-0.05, 0) is 30.2 Å². The van der Waals surface area contributed by atoms with Gasteiger partial charge in [0.25, 0.3) is 0 Å². The van der Waals surface area contributed by atoms with Gasteiger partial charge in [-0.3, -0.25) is 0 Å². The van der Waals surface area contributed by atoms with Gasteiger partial charge in [-0.1, -0.05) is 24.3 Å². The van der Waals surface area contributed by atoms with Crippen molar-refractivity contribution in [3.63, 3.8) is 0 Å². The molecule has 0 saturated heterocycles. The van der Waals surface area contributed by atoms with Crippen molar-refractivity contribution in [2.75, 3.05) is 0 Å². The van der Waals surface area contributed by atoms with Gasteiger partial charge in [0.05, 0.1) is 5.69 Å². The van der Waals surface area contributed by atoms with Gasteiger partial charge in [-0.25, -0.2) is 4.98 Å². The van der Waals surface area contributed by atoms with Gasteiger partial charge >= 0.3 is 0 Å². The van der Waals surface area contributed by atoms with Crippen LogP contribution in [0.25, 0.3) is 5.65 Å².